The summed E-state index contributed by atoms with van der Waals surface area (Å²) < 4.78 is 44.7. The Balaban J connectivity index is 2.32. The average molecular weight is 302 g/mol. The van der Waals surface area contributed by atoms with Crippen LogP contribution < -0.4 is 16.4 Å². The van der Waals surface area contributed by atoms with E-state index in [4.69, 9.17) is 16.2 Å². The predicted octanol–water partition coefficient (Wildman–Crippen LogP) is 1.32. The van der Waals surface area contributed by atoms with E-state index in [1.807, 2.05) is 4.90 Å². The summed E-state index contributed by atoms with van der Waals surface area (Å²) in [5.74, 6) is -0.236. The fourth-order valence-corrected chi connectivity index (χ4v) is 2.16. The van der Waals surface area contributed by atoms with Gasteiger partial charge in [-0.2, -0.15) is 13.2 Å². The fourth-order valence-electron chi connectivity index (χ4n) is 2.16. The molecule has 1 saturated heterocycles. The highest BCUT2D eigenvalue weighted by Gasteiger charge is 2.34. The number of nitrogens with zero attached hydrogens (tertiary/aromatic N) is 2. The van der Waals surface area contributed by atoms with Gasteiger partial charge in [-0.3, -0.25) is 0 Å². The van der Waals surface area contributed by atoms with Crippen molar-refractivity contribution in [2.45, 2.75) is 12.7 Å². The molecule has 0 amide bonds. The van der Waals surface area contributed by atoms with Crippen molar-refractivity contribution in [2.24, 2.45) is 16.5 Å². The molecular formula is C13H17F3N4O. The number of anilines is 1. The first kappa shape index (κ1) is 15.4. The van der Waals surface area contributed by atoms with Gasteiger partial charge in [-0.1, -0.05) is 6.07 Å². The van der Waals surface area contributed by atoms with E-state index in [0.717, 1.165) is 6.07 Å². The van der Waals surface area contributed by atoms with Crippen LogP contribution in [0.5, 0.6) is 0 Å². The van der Waals surface area contributed by atoms with E-state index in [9.17, 15) is 13.2 Å². The van der Waals surface area contributed by atoms with Crippen molar-refractivity contribution in [3.63, 3.8) is 0 Å². The lowest BCUT2D eigenvalue weighted by Crippen LogP contribution is -2.36. The first-order valence-corrected chi connectivity index (χ1v) is 6.46. The molecule has 1 fully saturated rings. The highest BCUT2D eigenvalue weighted by Crippen LogP contribution is 2.35. The highest BCUT2D eigenvalue weighted by atomic mass is 19.4. The van der Waals surface area contributed by atoms with Crippen LogP contribution in [-0.2, 0) is 17.5 Å². The molecule has 116 valence electrons. The molecule has 8 heteroatoms. The first-order chi connectivity index (χ1) is 9.88. The van der Waals surface area contributed by atoms with E-state index in [1.165, 1.54) is 6.07 Å². The number of morpholine rings is 1. The molecule has 0 bridgehead atoms. The van der Waals surface area contributed by atoms with Gasteiger partial charge in [-0.05, 0) is 17.7 Å². The summed E-state index contributed by atoms with van der Waals surface area (Å²) in [5, 5.41) is 0. The van der Waals surface area contributed by atoms with E-state index in [2.05, 4.69) is 4.99 Å². The zero-order valence-electron chi connectivity index (χ0n) is 11.4. The maximum absolute atomic E-state index is 13.2. The Hall–Kier alpha value is -1.96. The molecule has 0 radical (unpaired) electrons. The standard InChI is InChI=1S/C13H17F3N4O/c14-13(15,16)11-7-10(20-3-5-21-6-4-20)2-1-9(11)8-19-12(17)18/h1-2,7H,3-6,8H2,(H4,17,18,19). The number of alkyl halides is 3. The van der Waals surface area contributed by atoms with Crippen LogP contribution in [0.1, 0.15) is 11.1 Å². The summed E-state index contributed by atoms with van der Waals surface area (Å²) >= 11 is 0. The average Bonchev–Trinajstić information content (AvgIpc) is 2.45. The molecule has 0 spiro atoms. The monoisotopic (exact) mass is 302 g/mol. The number of nitrogens with two attached hydrogens (primary N) is 2. The van der Waals surface area contributed by atoms with E-state index >= 15 is 0 Å². The zero-order chi connectivity index (χ0) is 15.5. The number of hydrogen-bond acceptors (Lipinski definition) is 3. The number of guanidine groups is 1. The van der Waals surface area contributed by atoms with Crippen LogP contribution in [0.3, 0.4) is 0 Å². The van der Waals surface area contributed by atoms with Crippen molar-refractivity contribution in [3.8, 4) is 0 Å². The van der Waals surface area contributed by atoms with Gasteiger partial charge in [0.1, 0.15) is 0 Å². The molecule has 1 aromatic rings. The van der Waals surface area contributed by atoms with E-state index in [0.29, 0.717) is 32.0 Å². The van der Waals surface area contributed by atoms with Crippen molar-refractivity contribution >= 4 is 11.6 Å². The molecule has 1 heterocycles. The quantitative estimate of drug-likeness (QED) is 0.652. The minimum Gasteiger partial charge on any atom is -0.378 e. The molecule has 21 heavy (non-hydrogen) atoms. The Bertz CT molecular complexity index is 521. The summed E-state index contributed by atoms with van der Waals surface area (Å²) in [6.07, 6.45) is -4.45. The molecular weight excluding hydrogens is 285 g/mol. The van der Waals surface area contributed by atoms with Crippen LogP contribution in [0.15, 0.2) is 23.2 Å². The molecule has 0 aliphatic carbocycles. The number of hydrogen-bond donors (Lipinski definition) is 2. The number of benzene rings is 1. The van der Waals surface area contributed by atoms with Gasteiger partial charge in [0.15, 0.2) is 5.96 Å². The summed E-state index contributed by atoms with van der Waals surface area (Å²) in [4.78, 5) is 5.51. The van der Waals surface area contributed by atoms with Gasteiger partial charge in [-0.25, -0.2) is 4.99 Å². The molecule has 1 aliphatic rings. The lowest BCUT2D eigenvalue weighted by Gasteiger charge is -2.29. The normalized spacial score (nSPS) is 15.9. The second-order valence-electron chi connectivity index (χ2n) is 4.68. The van der Waals surface area contributed by atoms with Gasteiger partial charge in [0.2, 0.25) is 0 Å². The van der Waals surface area contributed by atoms with Crippen LogP contribution in [0.25, 0.3) is 0 Å². The van der Waals surface area contributed by atoms with Gasteiger partial charge in [0, 0.05) is 18.8 Å². The smallest absolute Gasteiger partial charge is 0.378 e. The maximum atomic E-state index is 13.2. The number of rotatable bonds is 3. The van der Waals surface area contributed by atoms with E-state index < -0.39 is 11.7 Å². The predicted molar refractivity (Wildman–Crippen MR) is 74.0 cm³/mol. The van der Waals surface area contributed by atoms with Gasteiger partial charge >= 0.3 is 6.18 Å². The van der Waals surface area contributed by atoms with Crippen molar-refractivity contribution in [1.29, 1.82) is 0 Å². The topological polar surface area (TPSA) is 76.9 Å². The second kappa shape index (κ2) is 6.21. The third-order valence-electron chi connectivity index (χ3n) is 3.21. The lowest BCUT2D eigenvalue weighted by atomic mass is 10.1. The van der Waals surface area contributed by atoms with Crippen LogP contribution in [-0.4, -0.2) is 32.3 Å². The molecule has 5 nitrogen and oxygen atoms in total. The Morgan fingerprint density at radius 2 is 1.90 bits per heavy atom. The van der Waals surface area contributed by atoms with Gasteiger partial charge in [0.25, 0.3) is 0 Å². The van der Waals surface area contributed by atoms with E-state index in [1.54, 1.807) is 6.07 Å². The maximum Gasteiger partial charge on any atom is 0.416 e. The third kappa shape index (κ3) is 4.01. The van der Waals surface area contributed by atoms with Crippen molar-refractivity contribution in [1.82, 2.24) is 0 Å². The number of halogens is 3. The largest absolute Gasteiger partial charge is 0.416 e. The lowest BCUT2D eigenvalue weighted by molar-refractivity contribution is -0.138. The van der Waals surface area contributed by atoms with Crippen LogP contribution >= 0.6 is 0 Å². The molecule has 4 N–H and O–H groups in total. The van der Waals surface area contributed by atoms with Crippen LogP contribution in [0, 0.1) is 0 Å². The first-order valence-electron chi connectivity index (χ1n) is 6.46. The highest BCUT2D eigenvalue weighted by molar-refractivity contribution is 5.75. The Kier molecular flexibility index (Phi) is 4.56. The summed E-state index contributed by atoms with van der Waals surface area (Å²) in [7, 11) is 0. The number of ether oxygens (including phenoxy) is 1. The molecule has 2 rings (SSSR count). The molecule has 0 saturated carbocycles. The van der Waals surface area contributed by atoms with Gasteiger partial charge in [0.05, 0.1) is 25.3 Å². The van der Waals surface area contributed by atoms with Crippen molar-refractivity contribution in [2.75, 3.05) is 31.2 Å². The minimum atomic E-state index is -4.45. The molecule has 1 aliphatic heterocycles. The summed E-state index contributed by atoms with van der Waals surface area (Å²) in [6.45, 7) is 1.98. The SMILES string of the molecule is NC(N)=NCc1ccc(N2CCOCC2)cc1C(F)(F)F. The van der Waals surface area contributed by atoms with E-state index in [-0.39, 0.29) is 18.1 Å². The van der Waals surface area contributed by atoms with Crippen molar-refractivity contribution < 1.29 is 17.9 Å². The third-order valence-corrected chi connectivity index (χ3v) is 3.21. The Labute approximate surface area is 120 Å². The molecule has 0 unspecified atom stereocenters. The molecule has 0 aromatic heterocycles. The molecule has 1 aromatic carbocycles. The fraction of sp³-hybridized carbons (Fsp3) is 0.462. The Morgan fingerprint density at radius 1 is 1.24 bits per heavy atom. The second-order valence-corrected chi connectivity index (χ2v) is 4.68. The minimum absolute atomic E-state index is 0.0490. The number of aliphatic imine (C=N–C) groups is 1. The summed E-state index contributed by atoms with van der Waals surface area (Å²) in [5.41, 5.74) is 10.2. The van der Waals surface area contributed by atoms with Crippen molar-refractivity contribution in [3.05, 3.63) is 29.3 Å². The van der Waals surface area contributed by atoms with Gasteiger partial charge < -0.3 is 21.1 Å². The Morgan fingerprint density at radius 3 is 2.48 bits per heavy atom. The zero-order valence-corrected chi connectivity index (χ0v) is 11.4. The van der Waals surface area contributed by atoms with Gasteiger partial charge in [-0.15, -0.1) is 0 Å². The van der Waals surface area contributed by atoms with Crippen LogP contribution in [0.4, 0.5) is 18.9 Å². The summed E-state index contributed by atoms with van der Waals surface area (Å²) in [6, 6.07) is 4.21. The molecule has 0 atom stereocenters. The van der Waals surface area contributed by atoms with Crippen LogP contribution in [0.2, 0.25) is 0 Å².